The van der Waals surface area contributed by atoms with Crippen molar-refractivity contribution in [2.45, 2.75) is 6.92 Å². The largest absolute Gasteiger partial charge is 0.463 e. The molecular formula is C12H10ClFN2O2S. The molecule has 4 nitrogen and oxygen atoms in total. The number of nitrogens with two attached hydrogens (primary N) is 1. The Morgan fingerprint density at radius 1 is 1.68 bits per heavy atom. The summed E-state index contributed by atoms with van der Waals surface area (Å²) in [6, 6.07) is 1.12. The molecule has 19 heavy (non-hydrogen) atoms. The molecular weight excluding hydrogens is 291 g/mol. The van der Waals surface area contributed by atoms with Crippen LogP contribution in [0.25, 0.3) is 16.3 Å². The minimum Gasteiger partial charge on any atom is -0.463 e. The van der Waals surface area contributed by atoms with Crippen LogP contribution in [0.1, 0.15) is 11.9 Å². The molecule has 2 N–H and O–H groups in total. The fourth-order valence-corrected chi connectivity index (χ4v) is 2.68. The lowest BCUT2D eigenvalue weighted by molar-refractivity contribution is -0.137. The van der Waals surface area contributed by atoms with Crippen LogP contribution in [0.2, 0.25) is 5.02 Å². The Bertz CT molecular complexity index is 669. The van der Waals surface area contributed by atoms with Crippen LogP contribution in [0, 0.1) is 5.82 Å². The Hall–Kier alpha value is -1.66. The Labute approximate surface area is 117 Å². The van der Waals surface area contributed by atoms with Gasteiger partial charge in [-0.2, -0.15) is 0 Å². The first-order valence-electron chi connectivity index (χ1n) is 5.41. The number of anilines is 1. The number of esters is 1. The number of benzene rings is 1. The first kappa shape index (κ1) is 13.8. The minimum atomic E-state index is -0.581. The zero-order chi connectivity index (χ0) is 14.0. The summed E-state index contributed by atoms with van der Waals surface area (Å²) in [5.74, 6) is -1.05. The Morgan fingerprint density at radius 2 is 2.42 bits per heavy atom. The monoisotopic (exact) mass is 300 g/mol. The lowest BCUT2D eigenvalue weighted by Crippen LogP contribution is -1.98. The third-order valence-electron chi connectivity index (χ3n) is 2.27. The van der Waals surface area contributed by atoms with Crippen LogP contribution >= 0.6 is 22.9 Å². The third kappa shape index (κ3) is 2.85. The van der Waals surface area contributed by atoms with Crippen LogP contribution < -0.4 is 5.73 Å². The molecule has 2 aromatic rings. The van der Waals surface area contributed by atoms with Crippen molar-refractivity contribution in [3.05, 3.63) is 28.0 Å². The molecule has 0 aliphatic carbocycles. The van der Waals surface area contributed by atoms with Crippen molar-refractivity contribution in [3.63, 3.8) is 0 Å². The number of thiazole rings is 1. The molecule has 0 aliphatic rings. The van der Waals surface area contributed by atoms with Crippen molar-refractivity contribution in [1.29, 1.82) is 0 Å². The first-order valence-corrected chi connectivity index (χ1v) is 6.61. The summed E-state index contributed by atoms with van der Waals surface area (Å²) < 4.78 is 18.6. The predicted molar refractivity (Wildman–Crippen MR) is 74.7 cm³/mol. The van der Waals surface area contributed by atoms with E-state index in [1.807, 2.05) is 0 Å². The lowest BCUT2D eigenvalue weighted by atomic mass is 10.3. The molecule has 0 bridgehead atoms. The molecule has 0 radical (unpaired) electrons. The summed E-state index contributed by atoms with van der Waals surface area (Å²) in [5, 5.41) is 0.691. The SMILES string of the molecule is CCOC(=O)/C=C/c1nc2c(Cl)cc(F)c(N)c2s1. The van der Waals surface area contributed by atoms with E-state index in [0.717, 1.165) is 17.4 Å². The molecule has 0 atom stereocenters. The number of aromatic nitrogens is 1. The van der Waals surface area contributed by atoms with Crippen LogP contribution in [0.15, 0.2) is 12.1 Å². The Kier molecular flexibility index (Phi) is 4.01. The van der Waals surface area contributed by atoms with E-state index >= 15 is 0 Å². The summed E-state index contributed by atoms with van der Waals surface area (Å²) in [6.07, 6.45) is 2.73. The molecule has 1 heterocycles. The third-order valence-corrected chi connectivity index (χ3v) is 3.62. The zero-order valence-electron chi connectivity index (χ0n) is 9.94. The normalized spacial score (nSPS) is 11.3. The van der Waals surface area contributed by atoms with Crippen LogP contribution in [0.3, 0.4) is 0 Å². The van der Waals surface area contributed by atoms with Gasteiger partial charge in [0.15, 0.2) is 0 Å². The summed E-state index contributed by atoms with van der Waals surface area (Å²) >= 11 is 7.05. The fraction of sp³-hybridized carbons (Fsp3) is 0.167. The molecule has 100 valence electrons. The van der Waals surface area contributed by atoms with Gasteiger partial charge in [-0.1, -0.05) is 11.6 Å². The van der Waals surface area contributed by atoms with Gasteiger partial charge in [-0.15, -0.1) is 11.3 Å². The quantitative estimate of drug-likeness (QED) is 0.537. The first-order chi connectivity index (χ1) is 9.02. The summed E-state index contributed by atoms with van der Waals surface area (Å²) in [6.45, 7) is 2.01. The van der Waals surface area contributed by atoms with E-state index in [1.54, 1.807) is 6.92 Å². The standard InChI is InChI=1S/C12H10ClFN2O2S/c1-2-18-9(17)4-3-8-16-11-6(13)5-7(14)10(15)12(11)19-8/h3-5H,2,15H2,1H3/b4-3+. The van der Waals surface area contributed by atoms with E-state index in [0.29, 0.717) is 21.8 Å². The Morgan fingerprint density at radius 3 is 3.11 bits per heavy atom. The van der Waals surface area contributed by atoms with Crippen LogP contribution in [-0.2, 0) is 9.53 Å². The number of carbonyl (C=O) groups excluding carboxylic acids is 1. The number of fused-ring (bicyclic) bond motifs is 1. The lowest BCUT2D eigenvalue weighted by Gasteiger charge is -1.98. The average molecular weight is 301 g/mol. The van der Waals surface area contributed by atoms with Crippen molar-refractivity contribution >= 4 is 50.9 Å². The molecule has 0 unspecified atom stereocenters. The number of halogens is 2. The number of hydrogen-bond acceptors (Lipinski definition) is 5. The predicted octanol–water partition coefficient (Wildman–Crippen LogP) is 3.25. The van der Waals surface area contributed by atoms with E-state index in [-0.39, 0.29) is 10.7 Å². The second-order valence-electron chi connectivity index (χ2n) is 3.57. The molecule has 2 rings (SSSR count). The second-order valence-corrected chi connectivity index (χ2v) is 5.01. The van der Waals surface area contributed by atoms with Crippen molar-refractivity contribution in [2.24, 2.45) is 0 Å². The highest BCUT2D eigenvalue weighted by Crippen LogP contribution is 2.35. The number of nitrogens with zero attached hydrogens (tertiary/aromatic N) is 1. The van der Waals surface area contributed by atoms with Crippen LogP contribution in [-0.4, -0.2) is 17.6 Å². The average Bonchev–Trinajstić information content (AvgIpc) is 2.79. The maximum Gasteiger partial charge on any atom is 0.330 e. The van der Waals surface area contributed by atoms with Crippen molar-refractivity contribution in [2.75, 3.05) is 12.3 Å². The van der Waals surface area contributed by atoms with Gasteiger partial charge in [0, 0.05) is 6.08 Å². The van der Waals surface area contributed by atoms with Crippen LogP contribution in [0.4, 0.5) is 10.1 Å². The molecule has 0 saturated carbocycles. The molecule has 0 saturated heterocycles. The fourth-order valence-electron chi connectivity index (χ4n) is 1.45. The maximum absolute atomic E-state index is 13.4. The highest BCUT2D eigenvalue weighted by atomic mass is 35.5. The number of hydrogen-bond donors (Lipinski definition) is 1. The number of carbonyl (C=O) groups is 1. The van der Waals surface area contributed by atoms with E-state index in [9.17, 15) is 9.18 Å². The van der Waals surface area contributed by atoms with Gasteiger partial charge in [0.05, 0.1) is 22.0 Å². The van der Waals surface area contributed by atoms with E-state index in [4.69, 9.17) is 22.1 Å². The molecule has 0 fully saturated rings. The summed E-state index contributed by atoms with van der Waals surface area (Å²) in [4.78, 5) is 15.4. The Balaban J connectivity index is 2.40. The van der Waals surface area contributed by atoms with Gasteiger partial charge >= 0.3 is 5.97 Å². The number of rotatable bonds is 3. The van der Waals surface area contributed by atoms with E-state index in [2.05, 4.69) is 4.98 Å². The minimum absolute atomic E-state index is 0.00712. The van der Waals surface area contributed by atoms with Crippen LogP contribution in [0.5, 0.6) is 0 Å². The topological polar surface area (TPSA) is 65.2 Å². The van der Waals surface area contributed by atoms with Crippen molar-refractivity contribution < 1.29 is 13.9 Å². The van der Waals surface area contributed by atoms with Gasteiger partial charge in [0.25, 0.3) is 0 Å². The second kappa shape index (κ2) is 5.54. The number of nitrogen functional groups attached to an aromatic ring is 1. The van der Waals surface area contributed by atoms with Gasteiger partial charge in [-0.05, 0) is 19.1 Å². The maximum atomic E-state index is 13.4. The van der Waals surface area contributed by atoms with Gasteiger partial charge in [-0.25, -0.2) is 14.2 Å². The molecule has 0 spiro atoms. The van der Waals surface area contributed by atoms with Crippen molar-refractivity contribution in [3.8, 4) is 0 Å². The van der Waals surface area contributed by atoms with E-state index < -0.39 is 11.8 Å². The molecule has 7 heteroatoms. The molecule has 0 amide bonds. The van der Waals surface area contributed by atoms with Gasteiger partial charge in [0.1, 0.15) is 16.3 Å². The highest BCUT2D eigenvalue weighted by Gasteiger charge is 2.13. The zero-order valence-corrected chi connectivity index (χ0v) is 11.5. The van der Waals surface area contributed by atoms with Crippen molar-refractivity contribution in [1.82, 2.24) is 4.98 Å². The highest BCUT2D eigenvalue weighted by molar-refractivity contribution is 7.20. The smallest absolute Gasteiger partial charge is 0.330 e. The molecule has 1 aromatic heterocycles. The summed E-state index contributed by atoms with van der Waals surface area (Å²) in [5.41, 5.74) is 6.06. The van der Waals surface area contributed by atoms with Gasteiger partial charge in [-0.3, -0.25) is 0 Å². The summed E-state index contributed by atoms with van der Waals surface area (Å²) in [7, 11) is 0. The molecule has 0 aliphatic heterocycles. The van der Waals surface area contributed by atoms with Gasteiger partial charge < -0.3 is 10.5 Å². The number of ether oxygens (including phenoxy) is 1. The van der Waals surface area contributed by atoms with E-state index in [1.165, 1.54) is 12.2 Å². The van der Waals surface area contributed by atoms with Gasteiger partial charge in [0.2, 0.25) is 0 Å². The molecule has 1 aromatic carbocycles.